The van der Waals surface area contributed by atoms with E-state index in [4.69, 9.17) is 9.84 Å². The largest absolute Gasteiger partial charge is 0.469 e. The number of aliphatic hydroxyl groups excluding tert-OH is 1. The molecule has 0 bridgehead atoms. The molecule has 2 heterocycles. The number of aliphatic hydroxyl groups is 1. The Kier molecular flexibility index (Phi) is 4.19. The zero-order valence-electron chi connectivity index (χ0n) is 10.7. The number of nitrogens with zero attached hydrogens (tertiary/aromatic N) is 2. The lowest BCUT2D eigenvalue weighted by Gasteiger charge is -2.38. The maximum Gasteiger partial charge on any atom is 0.308 e. The normalized spacial score (nSPS) is 22.7. The van der Waals surface area contributed by atoms with E-state index >= 15 is 0 Å². The number of ether oxygens (including phenoxy) is 1. The highest BCUT2D eigenvalue weighted by Gasteiger charge is 2.31. The Bertz CT molecular complexity index is 320. The van der Waals surface area contributed by atoms with Crippen molar-refractivity contribution >= 4 is 11.9 Å². The molecule has 0 aliphatic carbocycles. The third kappa shape index (κ3) is 3.00. The van der Waals surface area contributed by atoms with Crippen LogP contribution in [0.5, 0.6) is 0 Å². The summed E-state index contributed by atoms with van der Waals surface area (Å²) in [5.41, 5.74) is 0. The molecule has 1 amide bonds. The Morgan fingerprint density at radius 3 is 2.39 bits per heavy atom. The van der Waals surface area contributed by atoms with Crippen LogP contribution in [0, 0.1) is 5.92 Å². The monoisotopic (exact) mass is 256 g/mol. The smallest absolute Gasteiger partial charge is 0.308 e. The fourth-order valence-electron chi connectivity index (χ4n) is 2.49. The summed E-state index contributed by atoms with van der Waals surface area (Å²) in [5.74, 6) is -0.150. The number of esters is 1. The van der Waals surface area contributed by atoms with E-state index in [0.717, 1.165) is 0 Å². The summed E-state index contributed by atoms with van der Waals surface area (Å²) in [6, 6.07) is 0. The van der Waals surface area contributed by atoms with Crippen LogP contribution in [0.25, 0.3) is 0 Å². The summed E-state index contributed by atoms with van der Waals surface area (Å²) < 4.78 is 4.71. The number of methoxy groups -OCH3 is 1. The van der Waals surface area contributed by atoms with E-state index in [0.29, 0.717) is 45.6 Å². The first-order chi connectivity index (χ1) is 8.60. The molecule has 102 valence electrons. The van der Waals surface area contributed by atoms with Gasteiger partial charge < -0.3 is 14.7 Å². The van der Waals surface area contributed by atoms with E-state index in [1.54, 1.807) is 4.90 Å². The number of piperidine rings is 1. The van der Waals surface area contributed by atoms with Crippen molar-refractivity contribution in [2.24, 2.45) is 5.92 Å². The fourth-order valence-corrected chi connectivity index (χ4v) is 2.49. The highest BCUT2D eigenvalue weighted by Crippen LogP contribution is 2.19. The van der Waals surface area contributed by atoms with Gasteiger partial charge in [-0.1, -0.05) is 0 Å². The predicted octanol–water partition coefficient (Wildman–Crippen LogP) is -0.925. The molecule has 0 saturated carbocycles. The van der Waals surface area contributed by atoms with Gasteiger partial charge in [0.15, 0.2) is 0 Å². The Balaban J connectivity index is 1.72. The second kappa shape index (κ2) is 5.67. The summed E-state index contributed by atoms with van der Waals surface area (Å²) >= 11 is 0. The van der Waals surface area contributed by atoms with Crippen molar-refractivity contribution in [3.05, 3.63) is 0 Å². The number of rotatable bonds is 3. The molecule has 2 fully saturated rings. The van der Waals surface area contributed by atoms with Gasteiger partial charge in [-0.25, -0.2) is 0 Å². The minimum atomic E-state index is -0.275. The van der Waals surface area contributed by atoms with Gasteiger partial charge in [-0.2, -0.15) is 0 Å². The summed E-state index contributed by atoms with van der Waals surface area (Å²) in [7, 11) is 1.40. The topological polar surface area (TPSA) is 70.1 Å². The lowest BCUT2D eigenvalue weighted by molar-refractivity contribution is -0.149. The third-order valence-electron chi connectivity index (χ3n) is 3.68. The molecule has 2 aliphatic heterocycles. The maximum absolute atomic E-state index is 11.9. The molecule has 0 atom stereocenters. The van der Waals surface area contributed by atoms with E-state index in [1.807, 2.05) is 4.90 Å². The molecule has 18 heavy (non-hydrogen) atoms. The van der Waals surface area contributed by atoms with E-state index < -0.39 is 0 Å². The van der Waals surface area contributed by atoms with Crippen LogP contribution in [0.1, 0.15) is 12.8 Å². The van der Waals surface area contributed by atoms with Crippen LogP contribution in [0.15, 0.2) is 0 Å². The van der Waals surface area contributed by atoms with Crippen LogP contribution in [-0.2, 0) is 14.3 Å². The van der Waals surface area contributed by atoms with Crippen molar-refractivity contribution < 1.29 is 19.4 Å². The van der Waals surface area contributed by atoms with Crippen LogP contribution in [0.2, 0.25) is 0 Å². The molecule has 2 aliphatic rings. The molecule has 0 aromatic heterocycles. The second-order valence-corrected chi connectivity index (χ2v) is 5.03. The molecule has 0 radical (unpaired) electrons. The average Bonchev–Trinajstić information content (AvgIpc) is 2.36. The van der Waals surface area contributed by atoms with Crippen molar-refractivity contribution in [1.29, 1.82) is 0 Å². The van der Waals surface area contributed by atoms with Crippen molar-refractivity contribution in [3.8, 4) is 0 Å². The first-order valence-electron chi connectivity index (χ1n) is 6.36. The maximum atomic E-state index is 11.9. The van der Waals surface area contributed by atoms with E-state index in [9.17, 15) is 9.59 Å². The zero-order valence-corrected chi connectivity index (χ0v) is 10.7. The molecule has 0 unspecified atom stereocenters. The molecular weight excluding hydrogens is 236 g/mol. The van der Waals surface area contributed by atoms with Gasteiger partial charge >= 0.3 is 5.97 Å². The van der Waals surface area contributed by atoms with E-state index in [1.165, 1.54) is 7.11 Å². The molecule has 6 heteroatoms. The third-order valence-corrected chi connectivity index (χ3v) is 3.68. The van der Waals surface area contributed by atoms with Gasteiger partial charge in [-0.15, -0.1) is 0 Å². The molecular formula is C12H20N2O4. The second-order valence-electron chi connectivity index (χ2n) is 5.03. The number of β-amino-alcohol motifs (C(OH)–C–C–N with tert-alkyl or cyclic N) is 1. The first kappa shape index (κ1) is 13.3. The Morgan fingerprint density at radius 2 is 1.89 bits per heavy atom. The highest BCUT2D eigenvalue weighted by molar-refractivity contribution is 5.79. The Morgan fingerprint density at radius 1 is 1.28 bits per heavy atom. The average molecular weight is 256 g/mol. The Hall–Kier alpha value is -1.14. The summed E-state index contributed by atoms with van der Waals surface area (Å²) in [5, 5.41) is 9.15. The molecule has 2 rings (SSSR count). The molecule has 0 spiro atoms. The molecule has 6 nitrogen and oxygen atoms in total. The van der Waals surface area contributed by atoms with Gasteiger partial charge in [-0.3, -0.25) is 14.5 Å². The van der Waals surface area contributed by atoms with Crippen molar-refractivity contribution in [2.45, 2.75) is 18.9 Å². The minimum absolute atomic E-state index is 0.0649. The zero-order chi connectivity index (χ0) is 13.1. The number of carbonyl (C=O) groups excluding carboxylic acids is 2. The van der Waals surface area contributed by atoms with Gasteiger partial charge in [0.1, 0.15) is 0 Å². The standard InChI is InChI=1S/C12H20N2O4/c1-18-12(17)9-2-4-14(5-3-9)11(16)8-13-6-10(15)7-13/h9-10,15H,2-8H2,1H3. The van der Waals surface area contributed by atoms with Gasteiger partial charge in [0.25, 0.3) is 0 Å². The van der Waals surface area contributed by atoms with Crippen molar-refractivity contribution in [3.63, 3.8) is 0 Å². The van der Waals surface area contributed by atoms with Crippen LogP contribution in [0.3, 0.4) is 0 Å². The highest BCUT2D eigenvalue weighted by atomic mass is 16.5. The fraction of sp³-hybridized carbons (Fsp3) is 0.833. The predicted molar refractivity (Wildman–Crippen MR) is 63.8 cm³/mol. The van der Waals surface area contributed by atoms with Gasteiger partial charge in [-0.05, 0) is 12.8 Å². The molecule has 2 saturated heterocycles. The lowest BCUT2D eigenvalue weighted by Crippen LogP contribution is -2.55. The number of likely N-dealkylation sites (tertiary alicyclic amines) is 2. The van der Waals surface area contributed by atoms with Gasteiger partial charge in [0.2, 0.25) is 5.91 Å². The van der Waals surface area contributed by atoms with Crippen LogP contribution < -0.4 is 0 Å². The van der Waals surface area contributed by atoms with Gasteiger partial charge in [0.05, 0.1) is 25.7 Å². The quantitative estimate of drug-likeness (QED) is 0.661. The summed E-state index contributed by atoms with van der Waals surface area (Å²) in [4.78, 5) is 27.0. The number of hydrogen-bond donors (Lipinski definition) is 1. The van der Waals surface area contributed by atoms with Crippen LogP contribution in [0.4, 0.5) is 0 Å². The number of carbonyl (C=O) groups is 2. The molecule has 1 N–H and O–H groups in total. The molecule has 0 aromatic carbocycles. The van der Waals surface area contributed by atoms with Crippen molar-refractivity contribution in [1.82, 2.24) is 9.80 Å². The number of amides is 1. The van der Waals surface area contributed by atoms with E-state index in [2.05, 4.69) is 0 Å². The summed E-state index contributed by atoms with van der Waals surface area (Å²) in [6.45, 7) is 2.79. The van der Waals surface area contributed by atoms with Gasteiger partial charge in [0, 0.05) is 26.2 Å². The van der Waals surface area contributed by atoms with Crippen LogP contribution >= 0.6 is 0 Å². The van der Waals surface area contributed by atoms with Crippen LogP contribution in [-0.4, -0.2) is 72.7 Å². The lowest BCUT2D eigenvalue weighted by atomic mass is 9.97. The summed E-state index contributed by atoms with van der Waals surface area (Å²) in [6.07, 6.45) is 1.09. The Labute approximate surface area is 106 Å². The minimum Gasteiger partial charge on any atom is -0.469 e. The SMILES string of the molecule is COC(=O)C1CCN(C(=O)CN2CC(O)C2)CC1. The van der Waals surface area contributed by atoms with E-state index in [-0.39, 0.29) is 23.9 Å². The first-order valence-corrected chi connectivity index (χ1v) is 6.36. The number of hydrogen-bond acceptors (Lipinski definition) is 5. The van der Waals surface area contributed by atoms with Crippen molar-refractivity contribution in [2.75, 3.05) is 39.8 Å². The molecule has 0 aromatic rings.